The molecule has 1 heterocycles. The van der Waals surface area contributed by atoms with Gasteiger partial charge in [0.05, 0.1) is 5.56 Å². The second-order valence-corrected chi connectivity index (χ2v) is 7.74. The van der Waals surface area contributed by atoms with Crippen LogP contribution in [0.1, 0.15) is 24.2 Å². The Kier molecular flexibility index (Phi) is 9.74. The van der Waals surface area contributed by atoms with Gasteiger partial charge in [0.25, 0.3) is 0 Å². The highest BCUT2D eigenvalue weighted by atomic mass is 19.1. The Morgan fingerprint density at radius 1 is 0.972 bits per heavy atom. The largest absolute Gasteiger partial charge is 0.455 e. The van der Waals surface area contributed by atoms with E-state index in [0.29, 0.717) is 5.69 Å². The fourth-order valence-electron chi connectivity index (χ4n) is 3.64. The number of carbonyl (C=O) groups excluding carboxylic acids is 3. The molecule has 0 spiro atoms. The standard InChI is InChI=1S/C25H28FNO9/c1-4-32-24-22(31-3)21(34-15(2)28)20(36-23(29)16-8-6-5-7-9-16)19(35-24)14-33-25(30)27-18-12-10-17(26)11-13-18/h5-13,19-22,24H,4,14H2,1-3H3,(H,27,30)/t19-,20-,21+,22-,24+/m1/s1. The topological polar surface area (TPSA) is 119 Å². The number of rotatable bonds is 9. The predicted octanol–water partition coefficient (Wildman–Crippen LogP) is 3.31. The van der Waals surface area contributed by atoms with Crippen LogP contribution in [-0.2, 0) is 33.2 Å². The molecule has 1 saturated heterocycles. The molecule has 10 nitrogen and oxygen atoms in total. The summed E-state index contributed by atoms with van der Waals surface area (Å²) < 4.78 is 46.6. The second kappa shape index (κ2) is 13.0. The van der Waals surface area contributed by atoms with Gasteiger partial charge in [-0.25, -0.2) is 14.0 Å². The summed E-state index contributed by atoms with van der Waals surface area (Å²) in [5.74, 6) is -1.81. The first-order valence-electron chi connectivity index (χ1n) is 11.2. The molecule has 2 aromatic carbocycles. The van der Waals surface area contributed by atoms with Gasteiger partial charge in [0, 0.05) is 26.3 Å². The zero-order valence-electron chi connectivity index (χ0n) is 20.0. The maximum Gasteiger partial charge on any atom is 0.411 e. The Hall–Kier alpha value is -3.54. The normalized spacial score (nSPS) is 23.4. The van der Waals surface area contributed by atoms with Gasteiger partial charge in [-0.15, -0.1) is 0 Å². The fraction of sp³-hybridized carbons (Fsp3) is 0.400. The first kappa shape index (κ1) is 27.1. The summed E-state index contributed by atoms with van der Waals surface area (Å²) >= 11 is 0. The molecule has 1 fully saturated rings. The summed E-state index contributed by atoms with van der Waals surface area (Å²) in [4.78, 5) is 37.1. The first-order valence-corrected chi connectivity index (χ1v) is 11.2. The Morgan fingerprint density at radius 2 is 1.67 bits per heavy atom. The Balaban J connectivity index is 1.81. The van der Waals surface area contributed by atoms with Crippen molar-refractivity contribution >= 4 is 23.7 Å². The van der Waals surface area contributed by atoms with Crippen LogP contribution in [0.2, 0.25) is 0 Å². The number of nitrogens with one attached hydrogen (secondary N) is 1. The molecule has 11 heteroatoms. The number of carbonyl (C=O) groups is 3. The lowest BCUT2D eigenvalue weighted by Gasteiger charge is -2.44. The highest BCUT2D eigenvalue weighted by molar-refractivity contribution is 5.89. The van der Waals surface area contributed by atoms with Crippen LogP contribution in [0, 0.1) is 5.82 Å². The van der Waals surface area contributed by atoms with Crippen molar-refractivity contribution in [3.8, 4) is 0 Å². The number of esters is 2. The van der Waals surface area contributed by atoms with Crippen molar-refractivity contribution in [2.75, 3.05) is 25.6 Å². The second-order valence-electron chi connectivity index (χ2n) is 7.74. The first-order chi connectivity index (χ1) is 17.3. The molecular weight excluding hydrogens is 477 g/mol. The molecule has 2 aromatic rings. The van der Waals surface area contributed by atoms with Crippen LogP contribution >= 0.6 is 0 Å². The van der Waals surface area contributed by atoms with Crippen LogP contribution in [0.5, 0.6) is 0 Å². The number of amides is 1. The van der Waals surface area contributed by atoms with Crippen molar-refractivity contribution in [2.45, 2.75) is 44.6 Å². The van der Waals surface area contributed by atoms with Crippen LogP contribution in [0.4, 0.5) is 14.9 Å². The van der Waals surface area contributed by atoms with Gasteiger partial charge in [-0.3, -0.25) is 10.1 Å². The minimum absolute atomic E-state index is 0.240. The third-order valence-electron chi connectivity index (χ3n) is 5.22. The minimum Gasteiger partial charge on any atom is -0.455 e. The lowest BCUT2D eigenvalue weighted by atomic mass is 9.98. The molecule has 0 aromatic heterocycles. The third kappa shape index (κ3) is 7.23. The average molecular weight is 505 g/mol. The quantitative estimate of drug-likeness (QED) is 0.404. The maximum atomic E-state index is 13.1. The third-order valence-corrected chi connectivity index (χ3v) is 5.22. The van der Waals surface area contributed by atoms with E-state index in [1.165, 1.54) is 38.3 Å². The van der Waals surface area contributed by atoms with E-state index in [1.54, 1.807) is 37.3 Å². The smallest absolute Gasteiger partial charge is 0.411 e. The van der Waals surface area contributed by atoms with Crippen LogP contribution in [-0.4, -0.2) is 69.1 Å². The molecule has 1 aliphatic heterocycles. The Labute approximate surface area is 207 Å². The summed E-state index contributed by atoms with van der Waals surface area (Å²) in [6.45, 7) is 2.79. The molecule has 0 aliphatic carbocycles. The van der Waals surface area contributed by atoms with E-state index < -0.39 is 61.2 Å². The van der Waals surface area contributed by atoms with Gasteiger partial charge in [-0.2, -0.15) is 0 Å². The summed E-state index contributed by atoms with van der Waals surface area (Å²) in [6, 6.07) is 13.3. The Morgan fingerprint density at radius 3 is 2.28 bits per heavy atom. The molecule has 0 radical (unpaired) electrons. The molecule has 194 valence electrons. The van der Waals surface area contributed by atoms with E-state index in [2.05, 4.69) is 5.32 Å². The number of hydrogen-bond donors (Lipinski definition) is 1. The molecular formula is C25H28FNO9. The van der Waals surface area contributed by atoms with Crippen molar-refractivity contribution in [2.24, 2.45) is 0 Å². The van der Waals surface area contributed by atoms with Crippen LogP contribution < -0.4 is 5.32 Å². The zero-order chi connectivity index (χ0) is 26.1. The van der Waals surface area contributed by atoms with Gasteiger partial charge in [-0.1, -0.05) is 18.2 Å². The minimum atomic E-state index is -1.21. The molecule has 0 bridgehead atoms. The number of anilines is 1. The van der Waals surface area contributed by atoms with Gasteiger partial charge >= 0.3 is 18.0 Å². The van der Waals surface area contributed by atoms with Crippen molar-refractivity contribution in [3.63, 3.8) is 0 Å². The molecule has 3 rings (SSSR count). The predicted molar refractivity (Wildman–Crippen MR) is 124 cm³/mol. The van der Waals surface area contributed by atoms with E-state index >= 15 is 0 Å². The molecule has 5 atom stereocenters. The summed E-state index contributed by atoms with van der Waals surface area (Å²) in [6.07, 6.45) is -6.22. The lowest BCUT2D eigenvalue weighted by Crippen LogP contribution is -2.62. The zero-order valence-corrected chi connectivity index (χ0v) is 20.0. The fourth-order valence-corrected chi connectivity index (χ4v) is 3.64. The van der Waals surface area contributed by atoms with Gasteiger partial charge in [0.15, 0.2) is 18.5 Å². The lowest BCUT2D eigenvalue weighted by molar-refractivity contribution is -0.305. The van der Waals surface area contributed by atoms with Crippen molar-refractivity contribution < 1.29 is 47.2 Å². The molecule has 1 N–H and O–H groups in total. The average Bonchev–Trinajstić information content (AvgIpc) is 2.86. The van der Waals surface area contributed by atoms with E-state index in [0.717, 1.165) is 0 Å². The van der Waals surface area contributed by atoms with Gasteiger partial charge in [0.1, 0.15) is 24.6 Å². The maximum absolute atomic E-state index is 13.1. The SMILES string of the molecule is CCO[C@H]1O[C@H](COC(=O)Nc2ccc(F)cc2)[C@@H](OC(=O)c2ccccc2)[C@H](OC(C)=O)[C@H]1OC. The van der Waals surface area contributed by atoms with Gasteiger partial charge in [-0.05, 0) is 43.3 Å². The highest BCUT2D eigenvalue weighted by Gasteiger charge is 2.51. The van der Waals surface area contributed by atoms with Crippen LogP contribution in [0.25, 0.3) is 0 Å². The van der Waals surface area contributed by atoms with Crippen molar-refractivity contribution in [1.82, 2.24) is 0 Å². The molecule has 36 heavy (non-hydrogen) atoms. The van der Waals surface area contributed by atoms with Crippen LogP contribution in [0.3, 0.4) is 0 Å². The number of hydrogen-bond acceptors (Lipinski definition) is 9. The molecule has 1 amide bonds. The van der Waals surface area contributed by atoms with Gasteiger partial charge < -0.3 is 28.4 Å². The number of methoxy groups -OCH3 is 1. The van der Waals surface area contributed by atoms with E-state index in [9.17, 15) is 18.8 Å². The summed E-state index contributed by atoms with van der Waals surface area (Å²) in [5.41, 5.74) is 0.566. The van der Waals surface area contributed by atoms with E-state index in [1.807, 2.05) is 0 Å². The summed E-state index contributed by atoms with van der Waals surface area (Å²) in [7, 11) is 1.37. The van der Waals surface area contributed by atoms with E-state index in [4.69, 9.17) is 28.4 Å². The van der Waals surface area contributed by atoms with Gasteiger partial charge in [0.2, 0.25) is 0 Å². The highest BCUT2D eigenvalue weighted by Crippen LogP contribution is 2.30. The summed E-state index contributed by atoms with van der Waals surface area (Å²) in [5, 5.41) is 2.46. The molecule has 0 unspecified atom stereocenters. The molecule has 0 saturated carbocycles. The van der Waals surface area contributed by atoms with Crippen molar-refractivity contribution in [3.05, 3.63) is 66.0 Å². The Bertz CT molecular complexity index is 1020. The van der Waals surface area contributed by atoms with E-state index in [-0.39, 0.29) is 12.2 Å². The number of ether oxygens (including phenoxy) is 6. The van der Waals surface area contributed by atoms with Crippen LogP contribution in [0.15, 0.2) is 54.6 Å². The number of halogens is 1. The number of benzene rings is 2. The monoisotopic (exact) mass is 505 g/mol. The molecule has 1 aliphatic rings. The van der Waals surface area contributed by atoms with Crippen molar-refractivity contribution in [1.29, 1.82) is 0 Å².